The van der Waals surface area contributed by atoms with Crippen molar-refractivity contribution in [3.63, 3.8) is 0 Å². The first kappa shape index (κ1) is 15.9. The summed E-state index contributed by atoms with van der Waals surface area (Å²) in [6.07, 6.45) is 3.26. The third-order valence-electron chi connectivity index (χ3n) is 3.73. The molecule has 1 aliphatic rings. The number of carbonyl (C=O) groups is 1. The van der Waals surface area contributed by atoms with E-state index in [9.17, 15) is 4.79 Å². The Hall–Kier alpha value is -1.43. The fraction of sp³-hybridized carbons (Fsp3) is 0.800. The van der Waals surface area contributed by atoms with Gasteiger partial charge in [-0.15, -0.1) is 10.2 Å². The molecule has 0 aromatic carbocycles. The molecule has 6 heteroatoms. The van der Waals surface area contributed by atoms with Gasteiger partial charge in [-0.1, -0.05) is 20.8 Å². The summed E-state index contributed by atoms with van der Waals surface area (Å²) in [5.41, 5.74) is 6.19. The molecule has 2 heterocycles. The van der Waals surface area contributed by atoms with E-state index < -0.39 is 0 Å². The number of hydrogen-bond donors (Lipinski definition) is 2. The van der Waals surface area contributed by atoms with Crippen LogP contribution in [0.15, 0.2) is 0 Å². The SMILES string of the molecule is CC(NC(=O)CC(N)CC(C)(C)C)c1nnc2n1CCC2. The van der Waals surface area contributed by atoms with E-state index in [-0.39, 0.29) is 23.4 Å². The van der Waals surface area contributed by atoms with E-state index in [4.69, 9.17) is 5.73 Å². The van der Waals surface area contributed by atoms with Gasteiger partial charge >= 0.3 is 0 Å². The summed E-state index contributed by atoms with van der Waals surface area (Å²) >= 11 is 0. The molecule has 1 aliphatic heterocycles. The zero-order valence-corrected chi connectivity index (χ0v) is 13.5. The second-order valence-corrected chi connectivity index (χ2v) is 7.25. The highest BCUT2D eigenvalue weighted by Gasteiger charge is 2.23. The van der Waals surface area contributed by atoms with E-state index in [2.05, 4.69) is 40.9 Å². The van der Waals surface area contributed by atoms with E-state index in [0.29, 0.717) is 6.42 Å². The van der Waals surface area contributed by atoms with Gasteiger partial charge in [0, 0.05) is 25.4 Å². The maximum Gasteiger partial charge on any atom is 0.222 e. The molecule has 1 aromatic rings. The molecule has 21 heavy (non-hydrogen) atoms. The molecule has 0 spiro atoms. The molecular formula is C15H27N5O. The van der Waals surface area contributed by atoms with Gasteiger partial charge in [-0.2, -0.15) is 0 Å². The number of amides is 1. The first-order chi connectivity index (χ1) is 9.76. The van der Waals surface area contributed by atoms with Crippen LogP contribution in [0, 0.1) is 5.41 Å². The molecule has 2 rings (SSSR count). The molecule has 0 fully saturated rings. The van der Waals surface area contributed by atoms with Gasteiger partial charge in [-0.25, -0.2) is 0 Å². The van der Waals surface area contributed by atoms with Crippen LogP contribution in [0.2, 0.25) is 0 Å². The lowest BCUT2D eigenvalue weighted by Gasteiger charge is -2.23. The highest BCUT2D eigenvalue weighted by molar-refractivity contribution is 5.76. The van der Waals surface area contributed by atoms with Gasteiger partial charge in [0.15, 0.2) is 5.82 Å². The average molecular weight is 293 g/mol. The zero-order chi connectivity index (χ0) is 15.6. The van der Waals surface area contributed by atoms with E-state index in [0.717, 1.165) is 37.5 Å². The normalized spacial score (nSPS) is 17.4. The van der Waals surface area contributed by atoms with E-state index in [1.807, 2.05) is 6.92 Å². The smallest absolute Gasteiger partial charge is 0.222 e. The number of nitrogens with two attached hydrogens (primary N) is 1. The molecule has 0 bridgehead atoms. The molecule has 3 N–H and O–H groups in total. The van der Waals surface area contributed by atoms with Crippen molar-refractivity contribution in [2.45, 2.75) is 72.0 Å². The highest BCUT2D eigenvalue weighted by Crippen LogP contribution is 2.22. The number of hydrogen-bond acceptors (Lipinski definition) is 4. The number of rotatable bonds is 5. The largest absolute Gasteiger partial charge is 0.346 e. The van der Waals surface area contributed by atoms with Crippen LogP contribution in [0.5, 0.6) is 0 Å². The van der Waals surface area contributed by atoms with Crippen molar-refractivity contribution in [1.82, 2.24) is 20.1 Å². The van der Waals surface area contributed by atoms with Crippen LogP contribution in [0.3, 0.4) is 0 Å². The molecule has 6 nitrogen and oxygen atoms in total. The van der Waals surface area contributed by atoms with E-state index in [1.165, 1.54) is 0 Å². The highest BCUT2D eigenvalue weighted by atomic mass is 16.1. The maximum absolute atomic E-state index is 12.1. The van der Waals surface area contributed by atoms with Crippen LogP contribution in [0.25, 0.3) is 0 Å². The number of nitrogens with one attached hydrogen (secondary N) is 1. The van der Waals surface area contributed by atoms with Gasteiger partial charge in [0.25, 0.3) is 0 Å². The standard InChI is InChI=1S/C15H27N5O/c1-10(14-19-18-12-6-5-7-20(12)14)17-13(21)8-11(16)9-15(2,3)4/h10-11H,5-9,16H2,1-4H3,(H,17,21). The van der Waals surface area contributed by atoms with Crippen LogP contribution in [0.1, 0.15) is 64.6 Å². The number of fused-ring (bicyclic) bond motifs is 1. The Bertz CT molecular complexity index is 503. The monoisotopic (exact) mass is 293 g/mol. The minimum absolute atomic E-state index is 0.0189. The zero-order valence-electron chi connectivity index (χ0n) is 13.5. The number of aryl methyl sites for hydroxylation is 1. The fourth-order valence-corrected chi connectivity index (χ4v) is 2.96. The molecule has 2 unspecified atom stereocenters. The lowest BCUT2D eigenvalue weighted by molar-refractivity contribution is -0.122. The average Bonchev–Trinajstić information content (AvgIpc) is 2.85. The van der Waals surface area contributed by atoms with Crippen LogP contribution >= 0.6 is 0 Å². The number of nitrogens with zero attached hydrogens (tertiary/aromatic N) is 3. The second kappa shape index (κ2) is 6.13. The summed E-state index contributed by atoms with van der Waals surface area (Å²) in [7, 11) is 0. The van der Waals surface area contributed by atoms with Crippen molar-refractivity contribution in [1.29, 1.82) is 0 Å². The van der Waals surface area contributed by atoms with Crippen LogP contribution < -0.4 is 11.1 Å². The molecule has 0 saturated heterocycles. The first-order valence-electron chi connectivity index (χ1n) is 7.73. The molecular weight excluding hydrogens is 266 g/mol. The van der Waals surface area contributed by atoms with Gasteiger partial charge in [0.1, 0.15) is 5.82 Å². The first-order valence-corrected chi connectivity index (χ1v) is 7.73. The number of aromatic nitrogens is 3. The predicted octanol–water partition coefficient (Wildman–Crippen LogP) is 1.56. The molecule has 1 aromatic heterocycles. The summed E-state index contributed by atoms with van der Waals surface area (Å²) in [5.74, 6) is 1.85. The summed E-state index contributed by atoms with van der Waals surface area (Å²) in [5, 5.41) is 11.4. The van der Waals surface area contributed by atoms with Gasteiger partial charge < -0.3 is 15.6 Å². The summed E-state index contributed by atoms with van der Waals surface area (Å²) in [6, 6.07) is -0.236. The molecule has 0 aliphatic carbocycles. The molecule has 118 valence electrons. The Morgan fingerprint density at radius 3 is 2.81 bits per heavy atom. The molecule has 2 atom stereocenters. The third-order valence-corrected chi connectivity index (χ3v) is 3.73. The Kier molecular flexibility index (Phi) is 4.66. The van der Waals surface area contributed by atoms with Gasteiger partial charge in [-0.05, 0) is 25.2 Å². The Balaban J connectivity index is 1.87. The predicted molar refractivity (Wildman–Crippen MR) is 81.6 cm³/mol. The minimum Gasteiger partial charge on any atom is -0.346 e. The van der Waals surface area contributed by atoms with Crippen molar-refractivity contribution >= 4 is 5.91 Å². The van der Waals surface area contributed by atoms with Crippen molar-refractivity contribution in [2.24, 2.45) is 11.1 Å². The minimum atomic E-state index is -0.126. The maximum atomic E-state index is 12.1. The van der Waals surface area contributed by atoms with Gasteiger partial charge in [-0.3, -0.25) is 4.79 Å². The van der Waals surface area contributed by atoms with Crippen molar-refractivity contribution in [2.75, 3.05) is 0 Å². The Morgan fingerprint density at radius 2 is 2.14 bits per heavy atom. The van der Waals surface area contributed by atoms with Crippen molar-refractivity contribution < 1.29 is 4.79 Å². The lowest BCUT2D eigenvalue weighted by Crippen LogP contribution is -2.35. The second-order valence-electron chi connectivity index (χ2n) is 7.25. The fourth-order valence-electron chi connectivity index (χ4n) is 2.96. The number of carbonyl (C=O) groups excluding carboxylic acids is 1. The van der Waals surface area contributed by atoms with Crippen molar-refractivity contribution in [3.05, 3.63) is 11.6 Å². The van der Waals surface area contributed by atoms with E-state index >= 15 is 0 Å². The molecule has 1 amide bonds. The topological polar surface area (TPSA) is 85.8 Å². The van der Waals surface area contributed by atoms with E-state index in [1.54, 1.807) is 0 Å². The lowest BCUT2D eigenvalue weighted by atomic mass is 9.87. The summed E-state index contributed by atoms with van der Waals surface area (Å²) in [4.78, 5) is 12.1. The van der Waals surface area contributed by atoms with Crippen LogP contribution in [-0.4, -0.2) is 26.7 Å². The third kappa shape index (κ3) is 4.27. The molecule has 0 radical (unpaired) electrons. The Labute approximate surface area is 126 Å². The van der Waals surface area contributed by atoms with Crippen molar-refractivity contribution in [3.8, 4) is 0 Å². The van der Waals surface area contributed by atoms with Crippen LogP contribution in [0.4, 0.5) is 0 Å². The van der Waals surface area contributed by atoms with Gasteiger partial charge in [0.2, 0.25) is 5.91 Å². The molecule has 0 saturated carbocycles. The van der Waals surface area contributed by atoms with Crippen LogP contribution in [-0.2, 0) is 17.8 Å². The van der Waals surface area contributed by atoms with Gasteiger partial charge in [0.05, 0.1) is 6.04 Å². The summed E-state index contributed by atoms with van der Waals surface area (Å²) < 4.78 is 2.11. The quantitative estimate of drug-likeness (QED) is 0.862. The Morgan fingerprint density at radius 1 is 1.43 bits per heavy atom. The summed E-state index contributed by atoms with van der Waals surface area (Å²) in [6.45, 7) is 9.29.